The van der Waals surface area contributed by atoms with Crippen molar-refractivity contribution in [1.29, 1.82) is 0 Å². The van der Waals surface area contributed by atoms with Crippen molar-refractivity contribution in [3.8, 4) is 0 Å². The van der Waals surface area contributed by atoms with Gasteiger partial charge in [0.25, 0.3) is 0 Å². The summed E-state index contributed by atoms with van der Waals surface area (Å²) in [7, 11) is 0. The molecule has 0 saturated heterocycles. The summed E-state index contributed by atoms with van der Waals surface area (Å²) in [4.78, 5) is 26.2. The molecular weight excluding hydrogens is 316 g/mol. The number of benzene rings is 2. The van der Waals surface area contributed by atoms with Crippen LogP contribution in [-0.4, -0.2) is 11.6 Å². The third-order valence-corrected chi connectivity index (χ3v) is 5.04. The number of hydrogen-bond donors (Lipinski definition) is 0. The van der Waals surface area contributed by atoms with E-state index in [1.165, 1.54) is 0 Å². The van der Waals surface area contributed by atoms with E-state index in [1.807, 2.05) is 78.2 Å². The Hall–Kier alpha value is -2.52. The molecule has 0 spiro atoms. The highest BCUT2D eigenvalue weighted by molar-refractivity contribution is 7.10. The maximum absolute atomic E-state index is 12.6. The zero-order chi connectivity index (χ0) is 16.8. The zero-order valence-corrected chi connectivity index (χ0v) is 14.0. The summed E-state index contributed by atoms with van der Waals surface area (Å²) in [6, 6.07) is 22.5. The molecule has 0 aliphatic rings. The van der Waals surface area contributed by atoms with Crippen LogP contribution < -0.4 is 0 Å². The van der Waals surface area contributed by atoms with E-state index in [2.05, 4.69) is 0 Å². The van der Waals surface area contributed by atoms with Gasteiger partial charge < -0.3 is 0 Å². The monoisotopic (exact) mass is 334 g/mol. The van der Waals surface area contributed by atoms with E-state index in [1.54, 1.807) is 11.3 Å². The minimum absolute atomic E-state index is 0.0783. The van der Waals surface area contributed by atoms with E-state index in [-0.39, 0.29) is 17.5 Å². The molecule has 0 fully saturated rings. The van der Waals surface area contributed by atoms with Crippen LogP contribution >= 0.6 is 11.3 Å². The molecule has 0 bridgehead atoms. The summed E-state index contributed by atoms with van der Waals surface area (Å²) in [5.74, 6) is 0.0788. The average molecular weight is 334 g/mol. The summed E-state index contributed by atoms with van der Waals surface area (Å²) in [5.41, 5.74) is 1.40. The lowest BCUT2D eigenvalue weighted by Gasteiger charge is -2.14. The van der Waals surface area contributed by atoms with Crippen LogP contribution in [0.15, 0.2) is 78.2 Å². The maximum atomic E-state index is 12.6. The van der Waals surface area contributed by atoms with Gasteiger partial charge in [-0.05, 0) is 11.4 Å². The van der Waals surface area contributed by atoms with Crippen molar-refractivity contribution >= 4 is 22.9 Å². The van der Waals surface area contributed by atoms with Gasteiger partial charge in [0.1, 0.15) is 0 Å². The van der Waals surface area contributed by atoms with Gasteiger partial charge in [-0.3, -0.25) is 9.59 Å². The fraction of sp³-hybridized carbons (Fsp3) is 0.143. The predicted octanol–water partition coefficient (Wildman–Crippen LogP) is 5.38. The second-order valence-electron chi connectivity index (χ2n) is 5.70. The van der Waals surface area contributed by atoms with Gasteiger partial charge in [0.2, 0.25) is 0 Å². The van der Waals surface area contributed by atoms with Crippen LogP contribution in [0.5, 0.6) is 0 Å². The van der Waals surface area contributed by atoms with Crippen molar-refractivity contribution in [2.45, 2.75) is 18.8 Å². The van der Waals surface area contributed by atoms with Gasteiger partial charge in [0, 0.05) is 34.8 Å². The molecule has 3 rings (SSSR count). The fourth-order valence-electron chi connectivity index (χ4n) is 2.73. The second-order valence-corrected chi connectivity index (χ2v) is 6.68. The van der Waals surface area contributed by atoms with Crippen molar-refractivity contribution in [2.24, 2.45) is 0 Å². The van der Waals surface area contributed by atoms with Crippen LogP contribution in [-0.2, 0) is 0 Å². The minimum Gasteiger partial charge on any atom is -0.294 e. The van der Waals surface area contributed by atoms with Crippen molar-refractivity contribution < 1.29 is 9.59 Å². The zero-order valence-electron chi connectivity index (χ0n) is 13.2. The molecule has 3 heteroatoms. The third kappa shape index (κ3) is 4.06. The highest BCUT2D eigenvalue weighted by atomic mass is 32.1. The molecule has 24 heavy (non-hydrogen) atoms. The van der Waals surface area contributed by atoms with Gasteiger partial charge in [0.05, 0.1) is 0 Å². The molecule has 0 amide bonds. The van der Waals surface area contributed by atoms with Crippen molar-refractivity contribution in [2.75, 3.05) is 0 Å². The van der Waals surface area contributed by atoms with Crippen molar-refractivity contribution in [1.82, 2.24) is 0 Å². The molecule has 0 N–H and O–H groups in total. The Labute approximate surface area is 145 Å². The van der Waals surface area contributed by atoms with Crippen LogP contribution in [0.3, 0.4) is 0 Å². The Morgan fingerprint density at radius 1 is 0.708 bits per heavy atom. The highest BCUT2D eigenvalue weighted by Gasteiger charge is 2.21. The molecule has 0 saturated carbocycles. The maximum Gasteiger partial charge on any atom is 0.163 e. The Morgan fingerprint density at radius 3 is 1.62 bits per heavy atom. The molecule has 0 aliphatic carbocycles. The van der Waals surface area contributed by atoms with Crippen LogP contribution in [0.4, 0.5) is 0 Å². The van der Waals surface area contributed by atoms with Gasteiger partial charge in [0.15, 0.2) is 11.6 Å². The number of carbonyl (C=O) groups excluding carboxylic acids is 2. The smallest absolute Gasteiger partial charge is 0.163 e. The Morgan fingerprint density at radius 2 is 1.21 bits per heavy atom. The van der Waals surface area contributed by atoms with Gasteiger partial charge in [-0.15, -0.1) is 11.3 Å². The molecule has 120 valence electrons. The van der Waals surface area contributed by atoms with Gasteiger partial charge in [-0.2, -0.15) is 0 Å². The molecular formula is C21H18O2S. The van der Waals surface area contributed by atoms with Crippen molar-refractivity contribution in [3.05, 3.63) is 94.2 Å². The number of Topliss-reactive ketones (excluding diaryl/α,β-unsaturated/α-hetero) is 2. The first kappa shape index (κ1) is 16.3. The lowest BCUT2D eigenvalue weighted by molar-refractivity contribution is 0.0945. The average Bonchev–Trinajstić information content (AvgIpc) is 3.17. The number of hydrogen-bond acceptors (Lipinski definition) is 3. The molecule has 2 aromatic carbocycles. The highest BCUT2D eigenvalue weighted by Crippen LogP contribution is 2.30. The normalized spacial score (nSPS) is 10.7. The molecule has 0 atom stereocenters. The minimum atomic E-state index is -0.0783. The van der Waals surface area contributed by atoms with Crippen LogP contribution in [0.2, 0.25) is 0 Å². The lowest BCUT2D eigenvalue weighted by atomic mass is 9.90. The first-order valence-electron chi connectivity index (χ1n) is 7.94. The van der Waals surface area contributed by atoms with Gasteiger partial charge >= 0.3 is 0 Å². The van der Waals surface area contributed by atoms with Crippen LogP contribution in [0.25, 0.3) is 0 Å². The van der Waals surface area contributed by atoms with Crippen molar-refractivity contribution in [3.63, 3.8) is 0 Å². The quantitative estimate of drug-likeness (QED) is 0.544. The number of thiophene rings is 1. The Kier molecular flexibility index (Phi) is 5.34. The molecule has 0 aliphatic heterocycles. The SMILES string of the molecule is O=C(CC(CC(=O)c1ccccc1)c1cccs1)c1ccccc1. The lowest BCUT2D eigenvalue weighted by Crippen LogP contribution is -2.11. The van der Waals surface area contributed by atoms with Crippen LogP contribution in [0, 0.1) is 0 Å². The van der Waals surface area contributed by atoms with E-state index >= 15 is 0 Å². The van der Waals surface area contributed by atoms with E-state index < -0.39 is 0 Å². The standard InChI is InChI=1S/C21H18O2S/c22-19(16-8-3-1-4-9-16)14-18(21-12-7-13-24-21)15-20(23)17-10-5-2-6-11-17/h1-13,18H,14-15H2. The summed E-state index contributed by atoms with van der Waals surface area (Å²) in [6.07, 6.45) is 0.701. The fourth-order valence-corrected chi connectivity index (χ4v) is 3.56. The molecule has 0 radical (unpaired) electrons. The van der Waals surface area contributed by atoms with Crippen LogP contribution in [0.1, 0.15) is 44.4 Å². The first-order valence-corrected chi connectivity index (χ1v) is 8.82. The molecule has 0 unspecified atom stereocenters. The van der Waals surface area contributed by atoms with E-state index in [9.17, 15) is 9.59 Å². The number of ketones is 2. The topological polar surface area (TPSA) is 34.1 Å². The largest absolute Gasteiger partial charge is 0.294 e. The van der Waals surface area contributed by atoms with Gasteiger partial charge in [-0.25, -0.2) is 0 Å². The summed E-state index contributed by atoms with van der Waals surface area (Å²) < 4.78 is 0. The predicted molar refractivity (Wildman–Crippen MR) is 97.8 cm³/mol. The first-order chi connectivity index (χ1) is 11.7. The second kappa shape index (κ2) is 7.84. The molecule has 1 aromatic heterocycles. The third-order valence-electron chi connectivity index (χ3n) is 4.00. The summed E-state index contributed by atoms with van der Waals surface area (Å²) in [5, 5.41) is 1.99. The molecule has 2 nitrogen and oxygen atoms in total. The van der Waals surface area contributed by atoms with E-state index in [0.717, 1.165) is 4.88 Å². The van der Waals surface area contributed by atoms with E-state index in [4.69, 9.17) is 0 Å². The molecule has 3 aromatic rings. The summed E-state index contributed by atoms with van der Waals surface area (Å²) in [6.45, 7) is 0. The molecule has 1 heterocycles. The Bertz CT molecular complexity index is 739. The number of carbonyl (C=O) groups is 2. The number of rotatable bonds is 7. The summed E-state index contributed by atoms with van der Waals surface area (Å²) >= 11 is 1.60. The van der Waals surface area contributed by atoms with Gasteiger partial charge in [-0.1, -0.05) is 66.7 Å². The Balaban J connectivity index is 1.77. The van der Waals surface area contributed by atoms with E-state index in [0.29, 0.717) is 24.0 Å².